The minimum Gasteiger partial charge on any atom is -0.444 e. The van der Waals surface area contributed by atoms with E-state index in [2.05, 4.69) is 18.0 Å². The highest BCUT2D eigenvalue weighted by atomic mass is 16.6. The van der Waals surface area contributed by atoms with Gasteiger partial charge < -0.3 is 15.0 Å². The number of nitrogens with one attached hydrogen (secondary N) is 1. The van der Waals surface area contributed by atoms with E-state index in [1.54, 1.807) is 25.7 Å². The number of nitrogens with zero attached hydrogens (tertiary/aromatic N) is 1. The van der Waals surface area contributed by atoms with Crippen LogP contribution in [-0.4, -0.2) is 41.1 Å². The van der Waals surface area contributed by atoms with Crippen LogP contribution in [0.25, 0.3) is 5.57 Å². The van der Waals surface area contributed by atoms with Gasteiger partial charge in [0.15, 0.2) is 0 Å². The van der Waals surface area contributed by atoms with E-state index in [4.69, 9.17) is 4.74 Å². The lowest BCUT2D eigenvalue weighted by Crippen LogP contribution is -2.55. The zero-order valence-electron chi connectivity index (χ0n) is 16.5. The van der Waals surface area contributed by atoms with Crippen molar-refractivity contribution >= 4 is 17.6 Å². The lowest BCUT2D eigenvalue weighted by Gasteiger charge is -2.37. The predicted octanol–water partition coefficient (Wildman–Crippen LogP) is 3.91. The van der Waals surface area contributed by atoms with Crippen molar-refractivity contribution in [2.75, 3.05) is 6.54 Å². The highest BCUT2D eigenvalue weighted by molar-refractivity contribution is 5.88. The summed E-state index contributed by atoms with van der Waals surface area (Å²) in [6.07, 6.45) is 0.901. The normalized spacial score (nSPS) is 19.0. The van der Waals surface area contributed by atoms with Gasteiger partial charge in [-0.15, -0.1) is 0 Å². The molecule has 142 valence electrons. The summed E-state index contributed by atoms with van der Waals surface area (Å²) in [6.45, 7) is 14.3. The van der Waals surface area contributed by atoms with Crippen molar-refractivity contribution in [2.45, 2.75) is 65.1 Å². The first-order valence-electron chi connectivity index (χ1n) is 9.14. The summed E-state index contributed by atoms with van der Waals surface area (Å²) in [7, 11) is 0. The number of hydrogen-bond donors (Lipinski definition) is 1. The van der Waals surface area contributed by atoms with Crippen LogP contribution in [0.1, 0.15) is 51.7 Å². The standard InChI is InChI=1S/C21H30N2O3/c1-14-9-7-10-17(13-14)15(2)16(3)23-12-8-11-18(19(23)24)22-20(25)26-21(4,5)6/h7,9-10,13,16,18H,2,8,11-12H2,1,3-6H3,(H,22,25)/t16-,18?/m1/s1. The molecule has 5 heteroatoms. The summed E-state index contributed by atoms with van der Waals surface area (Å²) in [5.41, 5.74) is 2.51. The Hall–Kier alpha value is -2.30. The number of rotatable bonds is 4. The number of hydrogen-bond acceptors (Lipinski definition) is 3. The smallest absolute Gasteiger partial charge is 0.408 e. The molecule has 26 heavy (non-hydrogen) atoms. The fourth-order valence-electron chi connectivity index (χ4n) is 3.14. The van der Waals surface area contributed by atoms with Crippen LogP contribution in [0.5, 0.6) is 0 Å². The molecule has 1 aliphatic heterocycles. The molecule has 0 aliphatic carbocycles. The second-order valence-corrected chi connectivity index (χ2v) is 7.94. The van der Waals surface area contributed by atoms with Crippen LogP contribution in [0.2, 0.25) is 0 Å². The molecule has 0 bridgehead atoms. The number of benzene rings is 1. The number of amides is 2. The fraction of sp³-hybridized carbons (Fsp3) is 0.524. The molecule has 1 fully saturated rings. The molecule has 0 radical (unpaired) electrons. The fourth-order valence-corrected chi connectivity index (χ4v) is 3.14. The molecule has 1 unspecified atom stereocenters. The third-order valence-electron chi connectivity index (χ3n) is 4.52. The summed E-state index contributed by atoms with van der Waals surface area (Å²) in [5, 5.41) is 2.72. The molecule has 1 heterocycles. The van der Waals surface area contributed by atoms with Gasteiger partial charge in [0, 0.05) is 6.54 Å². The SMILES string of the molecule is C=C(c1cccc(C)c1)[C@@H](C)N1CCCC(NC(=O)OC(C)(C)C)C1=O. The van der Waals surface area contributed by atoms with Crippen molar-refractivity contribution in [2.24, 2.45) is 0 Å². The van der Waals surface area contributed by atoms with Crippen LogP contribution in [0.4, 0.5) is 4.79 Å². The number of carbonyl (C=O) groups excluding carboxylic acids is 2. The monoisotopic (exact) mass is 358 g/mol. The molecule has 2 amide bonds. The molecule has 1 aromatic carbocycles. The van der Waals surface area contributed by atoms with Gasteiger partial charge in [-0.1, -0.05) is 36.4 Å². The molecule has 1 saturated heterocycles. The molecular formula is C21H30N2O3. The summed E-state index contributed by atoms with van der Waals surface area (Å²) in [6, 6.07) is 7.43. The Morgan fingerprint density at radius 1 is 1.38 bits per heavy atom. The van der Waals surface area contributed by atoms with Crippen molar-refractivity contribution in [3.8, 4) is 0 Å². The third kappa shape index (κ3) is 5.10. The van der Waals surface area contributed by atoms with Gasteiger partial charge in [-0.3, -0.25) is 4.79 Å². The van der Waals surface area contributed by atoms with Crippen molar-refractivity contribution in [3.63, 3.8) is 0 Å². The maximum atomic E-state index is 12.9. The average Bonchev–Trinajstić information content (AvgIpc) is 2.54. The number of piperidine rings is 1. The number of aryl methyl sites for hydroxylation is 1. The highest BCUT2D eigenvalue weighted by Gasteiger charge is 2.34. The molecule has 1 aromatic rings. The van der Waals surface area contributed by atoms with E-state index in [1.807, 2.05) is 32.0 Å². The Morgan fingerprint density at radius 2 is 2.08 bits per heavy atom. The van der Waals surface area contributed by atoms with Gasteiger partial charge >= 0.3 is 6.09 Å². The second-order valence-electron chi connectivity index (χ2n) is 7.94. The van der Waals surface area contributed by atoms with E-state index >= 15 is 0 Å². The first-order chi connectivity index (χ1) is 12.1. The van der Waals surface area contributed by atoms with Crippen LogP contribution in [0.15, 0.2) is 30.8 Å². The van der Waals surface area contributed by atoms with Crippen LogP contribution < -0.4 is 5.32 Å². The third-order valence-corrected chi connectivity index (χ3v) is 4.52. The van der Waals surface area contributed by atoms with E-state index in [-0.39, 0.29) is 11.9 Å². The van der Waals surface area contributed by atoms with Crippen molar-refractivity contribution < 1.29 is 14.3 Å². The predicted molar refractivity (Wildman–Crippen MR) is 104 cm³/mol. The van der Waals surface area contributed by atoms with E-state index in [0.29, 0.717) is 13.0 Å². The first-order valence-corrected chi connectivity index (χ1v) is 9.14. The van der Waals surface area contributed by atoms with Crippen molar-refractivity contribution in [1.29, 1.82) is 0 Å². The Bertz CT molecular complexity index is 691. The molecule has 0 spiro atoms. The molecule has 1 N–H and O–H groups in total. The Balaban J connectivity index is 2.06. The largest absolute Gasteiger partial charge is 0.444 e. The number of alkyl carbamates (subject to hydrolysis) is 1. The molecule has 5 nitrogen and oxygen atoms in total. The van der Waals surface area contributed by atoms with Crippen molar-refractivity contribution in [1.82, 2.24) is 10.2 Å². The number of carbonyl (C=O) groups is 2. The average molecular weight is 358 g/mol. The topological polar surface area (TPSA) is 58.6 Å². The van der Waals surface area contributed by atoms with Gasteiger partial charge in [0.05, 0.1) is 6.04 Å². The number of likely N-dealkylation sites (tertiary alicyclic amines) is 1. The molecule has 0 saturated carbocycles. The molecule has 0 aromatic heterocycles. The summed E-state index contributed by atoms with van der Waals surface area (Å²) in [5.74, 6) is -0.0802. The Morgan fingerprint density at radius 3 is 2.69 bits per heavy atom. The van der Waals surface area contributed by atoms with Crippen molar-refractivity contribution in [3.05, 3.63) is 42.0 Å². The zero-order valence-corrected chi connectivity index (χ0v) is 16.5. The molecule has 2 atom stereocenters. The first kappa shape index (κ1) is 20.0. The van der Waals surface area contributed by atoms with Crippen LogP contribution >= 0.6 is 0 Å². The lowest BCUT2D eigenvalue weighted by molar-refractivity contribution is -0.137. The van der Waals surface area contributed by atoms with E-state index < -0.39 is 17.7 Å². The number of ether oxygens (including phenoxy) is 1. The summed E-state index contributed by atoms with van der Waals surface area (Å²) >= 11 is 0. The van der Waals surface area contributed by atoms with Gasteiger partial charge in [-0.25, -0.2) is 4.79 Å². The summed E-state index contributed by atoms with van der Waals surface area (Å²) < 4.78 is 5.28. The Labute approximate surface area is 156 Å². The van der Waals surface area contributed by atoms with E-state index in [1.165, 1.54) is 0 Å². The van der Waals surface area contributed by atoms with Gasteiger partial charge in [-0.05, 0) is 58.6 Å². The van der Waals surface area contributed by atoms with E-state index in [9.17, 15) is 9.59 Å². The van der Waals surface area contributed by atoms with Gasteiger partial charge in [0.1, 0.15) is 11.6 Å². The van der Waals surface area contributed by atoms with Gasteiger partial charge in [0.25, 0.3) is 0 Å². The summed E-state index contributed by atoms with van der Waals surface area (Å²) in [4.78, 5) is 26.7. The maximum Gasteiger partial charge on any atom is 0.408 e. The zero-order chi connectivity index (χ0) is 19.5. The highest BCUT2D eigenvalue weighted by Crippen LogP contribution is 2.25. The lowest BCUT2D eigenvalue weighted by atomic mass is 9.95. The molecular weight excluding hydrogens is 328 g/mol. The van der Waals surface area contributed by atoms with Crippen LogP contribution in [0, 0.1) is 6.92 Å². The van der Waals surface area contributed by atoms with Gasteiger partial charge in [-0.2, -0.15) is 0 Å². The Kier molecular flexibility index (Phi) is 6.11. The minimum atomic E-state index is -0.589. The quantitative estimate of drug-likeness (QED) is 0.888. The van der Waals surface area contributed by atoms with E-state index in [0.717, 1.165) is 23.1 Å². The molecule has 1 aliphatic rings. The minimum absolute atomic E-state index is 0.0802. The maximum absolute atomic E-state index is 12.9. The van der Waals surface area contributed by atoms with Crippen LogP contribution in [0.3, 0.4) is 0 Å². The van der Waals surface area contributed by atoms with Gasteiger partial charge in [0.2, 0.25) is 5.91 Å². The molecule has 2 rings (SSSR count). The second kappa shape index (κ2) is 7.94. The van der Waals surface area contributed by atoms with Crippen LogP contribution in [-0.2, 0) is 9.53 Å².